The number of aliphatic carboxylic acids is 1. The standard InChI is InChI=1S/C12H24N2O2/c1-4-13-12(3,11(15)16)6-8-14-7-5-10(2)9-14/h10,13H,4-9H2,1-3H3,(H,15,16). The largest absolute Gasteiger partial charge is 0.480 e. The fourth-order valence-corrected chi connectivity index (χ4v) is 2.27. The van der Waals surface area contributed by atoms with Crippen LogP contribution in [0.25, 0.3) is 0 Å². The zero-order chi connectivity index (χ0) is 12.2. The first-order chi connectivity index (χ1) is 7.48. The van der Waals surface area contributed by atoms with Crippen molar-refractivity contribution >= 4 is 5.97 Å². The molecule has 0 aromatic rings. The Labute approximate surface area is 98.0 Å². The van der Waals surface area contributed by atoms with Crippen molar-refractivity contribution in [2.75, 3.05) is 26.2 Å². The second-order valence-electron chi connectivity index (χ2n) is 5.11. The molecule has 1 fully saturated rings. The van der Waals surface area contributed by atoms with Crippen molar-refractivity contribution in [3.63, 3.8) is 0 Å². The normalized spacial score (nSPS) is 25.6. The van der Waals surface area contributed by atoms with Crippen molar-refractivity contribution in [2.45, 2.75) is 39.2 Å². The van der Waals surface area contributed by atoms with Crippen LogP contribution in [0.5, 0.6) is 0 Å². The maximum atomic E-state index is 11.2. The molecule has 1 saturated heterocycles. The fourth-order valence-electron chi connectivity index (χ4n) is 2.27. The summed E-state index contributed by atoms with van der Waals surface area (Å²) in [6.07, 6.45) is 1.91. The van der Waals surface area contributed by atoms with Crippen LogP contribution in [0.1, 0.15) is 33.6 Å². The van der Waals surface area contributed by atoms with Crippen LogP contribution in [0.2, 0.25) is 0 Å². The van der Waals surface area contributed by atoms with Crippen LogP contribution in [0.15, 0.2) is 0 Å². The number of nitrogens with one attached hydrogen (secondary N) is 1. The van der Waals surface area contributed by atoms with Gasteiger partial charge in [-0.25, -0.2) is 0 Å². The molecular weight excluding hydrogens is 204 g/mol. The van der Waals surface area contributed by atoms with Gasteiger partial charge in [0.1, 0.15) is 5.54 Å². The molecule has 0 spiro atoms. The third kappa shape index (κ3) is 3.46. The predicted molar refractivity (Wildman–Crippen MR) is 64.6 cm³/mol. The lowest BCUT2D eigenvalue weighted by molar-refractivity contribution is -0.144. The van der Waals surface area contributed by atoms with Crippen LogP contribution in [0.4, 0.5) is 0 Å². The molecule has 16 heavy (non-hydrogen) atoms. The Bertz CT molecular complexity index is 245. The quantitative estimate of drug-likeness (QED) is 0.716. The average Bonchev–Trinajstić information content (AvgIpc) is 2.61. The number of hydrogen-bond acceptors (Lipinski definition) is 3. The Morgan fingerprint density at radius 3 is 2.75 bits per heavy atom. The van der Waals surface area contributed by atoms with E-state index in [1.807, 2.05) is 6.92 Å². The molecule has 0 amide bonds. The number of hydrogen-bond donors (Lipinski definition) is 2. The molecule has 0 aromatic carbocycles. The predicted octanol–water partition coefficient (Wildman–Crippen LogP) is 1.17. The topological polar surface area (TPSA) is 52.6 Å². The molecule has 0 aliphatic carbocycles. The van der Waals surface area contributed by atoms with Gasteiger partial charge in [-0.2, -0.15) is 0 Å². The van der Waals surface area contributed by atoms with Gasteiger partial charge in [-0.15, -0.1) is 0 Å². The second kappa shape index (κ2) is 5.64. The molecule has 1 aliphatic heterocycles. The van der Waals surface area contributed by atoms with Gasteiger partial charge in [-0.3, -0.25) is 4.79 Å². The van der Waals surface area contributed by atoms with E-state index in [1.54, 1.807) is 6.92 Å². The van der Waals surface area contributed by atoms with Crippen molar-refractivity contribution in [3.8, 4) is 0 Å². The molecule has 2 unspecified atom stereocenters. The van der Waals surface area contributed by atoms with Crippen molar-refractivity contribution in [1.82, 2.24) is 10.2 Å². The highest BCUT2D eigenvalue weighted by molar-refractivity contribution is 5.78. The van der Waals surface area contributed by atoms with Crippen LogP contribution < -0.4 is 5.32 Å². The third-order valence-corrected chi connectivity index (χ3v) is 3.47. The molecule has 94 valence electrons. The number of carbonyl (C=O) groups is 1. The molecule has 0 bridgehead atoms. The third-order valence-electron chi connectivity index (χ3n) is 3.47. The zero-order valence-corrected chi connectivity index (χ0v) is 10.6. The van der Waals surface area contributed by atoms with E-state index < -0.39 is 11.5 Å². The molecule has 0 radical (unpaired) electrons. The van der Waals surface area contributed by atoms with E-state index in [4.69, 9.17) is 0 Å². The lowest BCUT2D eigenvalue weighted by Crippen LogP contribution is -2.51. The van der Waals surface area contributed by atoms with Crippen LogP contribution in [-0.2, 0) is 4.79 Å². The van der Waals surface area contributed by atoms with E-state index in [1.165, 1.54) is 6.42 Å². The van der Waals surface area contributed by atoms with Crippen molar-refractivity contribution in [1.29, 1.82) is 0 Å². The average molecular weight is 228 g/mol. The van der Waals surface area contributed by atoms with Gasteiger partial charge in [0.15, 0.2) is 0 Å². The smallest absolute Gasteiger partial charge is 0.323 e. The van der Waals surface area contributed by atoms with E-state index in [0.717, 1.165) is 25.6 Å². The van der Waals surface area contributed by atoms with Crippen LogP contribution in [0.3, 0.4) is 0 Å². The first-order valence-electron chi connectivity index (χ1n) is 6.18. The Morgan fingerprint density at radius 2 is 2.31 bits per heavy atom. The van der Waals surface area contributed by atoms with Crippen molar-refractivity contribution in [3.05, 3.63) is 0 Å². The Morgan fingerprint density at radius 1 is 1.62 bits per heavy atom. The number of rotatable bonds is 6. The molecule has 1 aliphatic rings. The fraction of sp³-hybridized carbons (Fsp3) is 0.917. The molecular formula is C12H24N2O2. The molecule has 0 saturated carbocycles. The molecule has 1 rings (SSSR count). The van der Waals surface area contributed by atoms with Crippen LogP contribution in [-0.4, -0.2) is 47.7 Å². The van der Waals surface area contributed by atoms with E-state index in [2.05, 4.69) is 17.1 Å². The van der Waals surface area contributed by atoms with E-state index in [0.29, 0.717) is 13.0 Å². The summed E-state index contributed by atoms with van der Waals surface area (Å²) in [6.45, 7) is 9.77. The van der Waals surface area contributed by atoms with Gasteiger partial charge in [-0.1, -0.05) is 13.8 Å². The monoisotopic (exact) mass is 228 g/mol. The SMILES string of the molecule is CCNC(C)(CCN1CCC(C)C1)C(=O)O. The summed E-state index contributed by atoms with van der Waals surface area (Å²) < 4.78 is 0. The molecule has 0 aromatic heterocycles. The van der Waals surface area contributed by atoms with Gasteiger partial charge < -0.3 is 15.3 Å². The summed E-state index contributed by atoms with van der Waals surface area (Å²) in [5, 5.41) is 12.3. The summed E-state index contributed by atoms with van der Waals surface area (Å²) in [4.78, 5) is 13.6. The van der Waals surface area contributed by atoms with Gasteiger partial charge in [0.05, 0.1) is 0 Å². The highest BCUT2D eigenvalue weighted by Gasteiger charge is 2.32. The highest BCUT2D eigenvalue weighted by atomic mass is 16.4. The van der Waals surface area contributed by atoms with Crippen LogP contribution in [0, 0.1) is 5.92 Å². The number of nitrogens with zero attached hydrogens (tertiary/aromatic N) is 1. The van der Waals surface area contributed by atoms with Gasteiger partial charge in [0.25, 0.3) is 0 Å². The number of likely N-dealkylation sites (tertiary alicyclic amines) is 1. The first-order valence-corrected chi connectivity index (χ1v) is 6.18. The number of carboxylic acids is 1. The van der Waals surface area contributed by atoms with Crippen molar-refractivity contribution in [2.24, 2.45) is 5.92 Å². The lowest BCUT2D eigenvalue weighted by Gasteiger charge is -2.28. The second-order valence-corrected chi connectivity index (χ2v) is 5.11. The lowest BCUT2D eigenvalue weighted by atomic mass is 9.97. The summed E-state index contributed by atoms with van der Waals surface area (Å²) in [7, 11) is 0. The molecule has 4 heteroatoms. The Hall–Kier alpha value is -0.610. The summed E-state index contributed by atoms with van der Waals surface area (Å²) in [6, 6.07) is 0. The summed E-state index contributed by atoms with van der Waals surface area (Å²) in [5.74, 6) is 0.0109. The van der Waals surface area contributed by atoms with Gasteiger partial charge in [0, 0.05) is 13.1 Å². The zero-order valence-electron chi connectivity index (χ0n) is 10.6. The molecule has 4 nitrogen and oxygen atoms in total. The molecule has 2 N–H and O–H groups in total. The van der Waals surface area contributed by atoms with Crippen molar-refractivity contribution < 1.29 is 9.90 Å². The molecule has 2 atom stereocenters. The summed E-state index contributed by atoms with van der Waals surface area (Å²) >= 11 is 0. The first kappa shape index (κ1) is 13.5. The minimum Gasteiger partial charge on any atom is -0.480 e. The minimum absolute atomic E-state index is 0.670. The summed E-state index contributed by atoms with van der Waals surface area (Å²) in [5.41, 5.74) is -0.777. The van der Waals surface area contributed by atoms with Gasteiger partial charge in [0.2, 0.25) is 0 Å². The van der Waals surface area contributed by atoms with E-state index >= 15 is 0 Å². The van der Waals surface area contributed by atoms with Gasteiger partial charge in [-0.05, 0) is 38.8 Å². The van der Waals surface area contributed by atoms with Crippen LogP contribution >= 0.6 is 0 Å². The Balaban J connectivity index is 2.41. The number of likely N-dealkylation sites (N-methyl/N-ethyl adjacent to an activating group) is 1. The number of carboxylic acid groups (broad SMARTS) is 1. The Kier molecular flexibility index (Phi) is 4.74. The highest BCUT2D eigenvalue weighted by Crippen LogP contribution is 2.18. The van der Waals surface area contributed by atoms with Gasteiger partial charge >= 0.3 is 5.97 Å². The molecule has 1 heterocycles. The maximum absolute atomic E-state index is 11.2. The van der Waals surface area contributed by atoms with E-state index in [-0.39, 0.29) is 0 Å². The van der Waals surface area contributed by atoms with E-state index in [9.17, 15) is 9.90 Å². The minimum atomic E-state index is -0.777. The maximum Gasteiger partial charge on any atom is 0.323 e.